The van der Waals surface area contributed by atoms with Gasteiger partial charge in [0, 0.05) is 19.3 Å². The molecule has 0 unspecified atom stereocenters. The lowest BCUT2D eigenvalue weighted by Crippen LogP contribution is -2.30. The van der Waals surface area contributed by atoms with Gasteiger partial charge in [-0.1, -0.05) is 236 Å². The van der Waals surface area contributed by atoms with Crippen LogP contribution in [0, 0.1) is 0 Å². The normalized spacial score (nSPS) is 12.4. The van der Waals surface area contributed by atoms with Gasteiger partial charge in [0.2, 0.25) is 0 Å². The summed E-state index contributed by atoms with van der Waals surface area (Å²) < 4.78 is 16.9. The van der Waals surface area contributed by atoms with Crippen molar-refractivity contribution in [1.82, 2.24) is 0 Å². The number of unbranched alkanes of at least 4 members (excludes halogenated alkanes) is 33. The van der Waals surface area contributed by atoms with Crippen LogP contribution in [0.15, 0.2) is 60.8 Å². The minimum atomic E-state index is -0.782. The third kappa shape index (κ3) is 55.9. The first-order valence-electron chi connectivity index (χ1n) is 29.8. The zero-order valence-electron chi connectivity index (χ0n) is 45.8. The maximum absolute atomic E-state index is 12.9. The molecule has 0 spiro atoms. The molecular weight excluding hydrogens is 853 g/mol. The summed E-state index contributed by atoms with van der Waals surface area (Å²) in [6.07, 6.45) is 72.0. The minimum absolute atomic E-state index is 0.0795. The van der Waals surface area contributed by atoms with Crippen LogP contribution in [-0.4, -0.2) is 37.2 Å². The summed E-state index contributed by atoms with van der Waals surface area (Å²) in [4.78, 5) is 38.2. The molecule has 0 aromatic carbocycles. The van der Waals surface area contributed by atoms with Crippen LogP contribution in [0.5, 0.6) is 0 Å². The van der Waals surface area contributed by atoms with Gasteiger partial charge in [-0.15, -0.1) is 0 Å². The van der Waals surface area contributed by atoms with E-state index in [1.165, 1.54) is 186 Å². The molecule has 0 heterocycles. The van der Waals surface area contributed by atoms with Gasteiger partial charge in [-0.2, -0.15) is 0 Å². The molecule has 0 aliphatic carbocycles. The zero-order chi connectivity index (χ0) is 50.0. The average molecular weight is 966 g/mol. The van der Waals surface area contributed by atoms with Gasteiger partial charge in [0.05, 0.1) is 0 Å². The summed E-state index contributed by atoms with van der Waals surface area (Å²) in [5, 5.41) is 0. The van der Waals surface area contributed by atoms with Crippen LogP contribution in [0.25, 0.3) is 0 Å². The van der Waals surface area contributed by atoms with Gasteiger partial charge in [0.25, 0.3) is 0 Å². The lowest BCUT2D eigenvalue weighted by molar-refractivity contribution is -0.167. The Morgan fingerprint density at radius 3 is 0.841 bits per heavy atom. The Kier molecular flexibility index (Phi) is 55.3. The number of rotatable bonds is 54. The van der Waals surface area contributed by atoms with Gasteiger partial charge >= 0.3 is 17.9 Å². The van der Waals surface area contributed by atoms with Crippen LogP contribution >= 0.6 is 0 Å². The fraction of sp³-hybridized carbons (Fsp3) is 0.794. The highest BCUT2D eigenvalue weighted by molar-refractivity contribution is 5.71. The Labute approximate surface area is 428 Å². The number of hydrogen-bond donors (Lipinski definition) is 0. The molecule has 0 aliphatic heterocycles. The first-order valence-corrected chi connectivity index (χ1v) is 29.8. The maximum atomic E-state index is 12.9. The molecule has 69 heavy (non-hydrogen) atoms. The van der Waals surface area contributed by atoms with Crippen molar-refractivity contribution in [3.8, 4) is 0 Å². The molecule has 0 saturated heterocycles. The van der Waals surface area contributed by atoms with E-state index in [9.17, 15) is 14.4 Å². The van der Waals surface area contributed by atoms with E-state index in [2.05, 4.69) is 81.5 Å². The quantitative estimate of drug-likeness (QED) is 0.0262. The number of allylic oxidation sites excluding steroid dienone is 10. The van der Waals surface area contributed by atoms with Crippen molar-refractivity contribution < 1.29 is 28.6 Å². The number of hydrogen-bond acceptors (Lipinski definition) is 6. The van der Waals surface area contributed by atoms with E-state index >= 15 is 0 Å². The third-order valence-corrected chi connectivity index (χ3v) is 13.0. The second kappa shape index (κ2) is 57.7. The zero-order valence-corrected chi connectivity index (χ0v) is 45.8. The molecule has 6 nitrogen and oxygen atoms in total. The topological polar surface area (TPSA) is 78.9 Å². The summed E-state index contributed by atoms with van der Waals surface area (Å²) in [5.41, 5.74) is 0. The molecule has 1 atom stereocenters. The fourth-order valence-electron chi connectivity index (χ4n) is 8.44. The Balaban J connectivity index is 4.39. The van der Waals surface area contributed by atoms with Crippen LogP contribution in [0.1, 0.15) is 303 Å². The molecule has 400 valence electrons. The van der Waals surface area contributed by atoms with E-state index in [1.54, 1.807) is 0 Å². The molecule has 0 bridgehead atoms. The lowest BCUT2D eigenvalue weighted by atomic mass is 10.1. The van der Waals surface area contributed by atoms with Crippen LogP contribution in [0.2, 0.25) is 0 Å². The Morgan fingerprint density at radius 1 is 0.290 bits per heavy atom. The van der Waals surface area contributed by atoms with Crippen molar-refractivity contribution in [2.75, 3.05) is 13.2 Å². The lowest BCUT2D eigenvalue weighted by Gasteiger charge is -2.18. The van der Waals surface area contributed by atoms with Crippen LogP contribution < -0.4 is 0 Å². The second-order valence-electron chi connectivity index (χ2n) is 19.9. The summed E-state index contributed by atoms with van der Waals surface area (Å²) in [6, 6.07) is 0. The second-order valence-corrected chi connectivity index (χ2v) is 19.9. The van der Waals surface area contributed by atoms with Gasteiger partial charge in [0.15, 0.2) is 6.10 Å². The fourth-order valence-corrected chi connectivity index (χ4v) is 8.44. The third-order valence-electron chi connectivity index (χ3n) is 13.0. The predicted octanol–water partition coefficient (Wildman–Crippen LogP) is 20.0. The molecule has 0 N–H and O–H groups in total. The van der Waals surface area contributed by atoms with Crippen LogP contribution in [-0.2, 0) is 28.6 Å². The molecule has 0 aromatic heterocycles. The standard InChI is InChI=1S/C63H112O6/c1-4-7-10-13-16-19-22-25-28-30-31-33-36-39-42-45-48-51-54-57-63(66)69-60(58-67-61(64)55-52-49-46-43-40-37-34-27-24-21-18-15-12-9-6-3)59-68-62(65)56-53-50-47-44-41-38-35-32-29-26-23-20-17-14-11-8-5-2/h16-17,19-21,24-26,28-29,60H,4-15,18,22-23,27,30-59H2,1-3H3/b19-16-,20-17-,24-21-,28-25-,29-26-/t60-/m0/s1. The molecule has 0 aliphatic rings. The Bertz CT molecular complexity index is 1250. The summed E-state index contributed by atoms with van der Waals surface area (Å²) in [7, 11) is 0. The van der Waals surface area contributed by atoms with E-state index in [0.717, 1.165) is 77.0 Å². The highest BCUT2D eigenvalue weighted by Crippen LogP contribution is 2.16. The first kappa shape index (κ1) is 66.1. The summed E-state index contributed by atoms with van der Waals surface area (Å²) >= 11 is 0. The monoisotopic (exact) mass is 965 g/mol. The Morgan fingerprint density at radius 2 is 0.522 bits per heavy atom. The van der Waals surface area contributed by atoms with E-state index in [4.69, 9.17) is 14.2 Å². The number of ether oxygens (including phenoxy) is 3. The average Bonchev–Trinajstić information content (AvgIpc) is 3.35. The van der Waals surface area contributed by atoms with Crippen molar-refractivity contribution in [2.24, 2.45) is 0 Å². The Hall–Kier alpha value is -2.89. The largest absolute Gasteiger partial charge is 0.462 e. The maximum Gasteiger partial charge on any atom is 0.306 e. The molecule has 0 amide bonds. The number of esters is 3. The molecule has 0 radical (unpaired) electrons. The van der Waals surface area contributed by atoms with Crippen molar-refractivity contribution in [2.45, 2.75) is 309 Å². The summed E-state index contributed by atoms with van der Waals surface area (Å²) in [6.45, 7) is 6.59. The SMILES string of the molecule is CCCCC/C=C\C/C=C\CCCCCCCCCCCC(=O)O[C@H](COC(=O)CCCCCCCCC/C=C\C/C=C\CCCCC)COC(=O)CCCCCCCCC/C=C\CCCCCC. The summed E-state index contributed by atoms with van der Waals surface area (Å²) in [5.74, 6) is -0.883. The van der Waals surface area contributed by atoms with Gasteiger partial charge in [-0.05, 0) is 109 Å². The minimum Gasteiger partial charge on any atom is -0.462 e. The van der Waals surface area contributed by atoms with Gasteiger partial charge in [0.1, 0.15) is 13.2 Å². The predicted molar refractivity (Wildman–Crippen MR) is 298 cm³/mol. The number of carbonyl (C=O) groups is 3. The van der Waals surface area contributed by atoms with E-state index < -0.39 is 6.10 Å². The smallest absolute Gasteiger partial charge is 0.306 e. The van der Waals surface area contributed by atoms with Crippen molar-refractivity contribution >= 4 is 17.9 Å². The number of carbonyl (C=O) groups excluding carboxylic acids is 3. The highest BCUT2D eigenvalue weighted by atomic mass is 16.6. The van der Waals surface area contributed by atoms with Gasteiger partial charge in [-0.3, -0.25) is 14.4 Å². The highest BCUT2D eigenvalue weighted by Gasteiger charge is 2.19. The van der Waals surface area contributed by atoms with Gasteiger partial charge < -0.3 is 14.2 Å². The molecule has 0 rings (SSSR count). The molecule has 0 aromatic rings. The molecule has 6 heteroatoms. The van der Waals surface area contributed by atoms with Crippen LogP contribution in [0.3, 0.4) is 0 Å². The van der Waals surface area contributed by atoms with Crippen LogP contribution in [0.4, 0.5) is 0 Å². The van der Waals surface area contributed by atoms with E-state index in [-0.39, 0.29) is 31.1 Å². The van der Waals surface area contributed by atoms with Crippen molar-refractivity contribution in [3.63, 3.8) is 0 Å². The molecule has 0 fully saturated rings. The molecule has 0 saturated carbocycles. The molecular formula is C63H112O6. The van der Waals surface area contributed by atoms with Crippen molar-refractivity contribution in [1.29, 1.82) is 0 Å². The van der Waals surface area contributed by atoms with Crippen molar-refractivity contribution in [3.05, 3.63) is 60.8 Å². The van der Waals surface area contributed by atoms with Gasteiger partial charge in [-0.25, -0.2) is 0 Å². The van der Waals surface area contributed by atoms with E-state index in [0.29, 0.717) is 19.3 Å². The van der Waals surface area contributed by atoms with E-state index in [1.807, 2.05) is 0 Å². The first-order chi connectivity index (χ1) is 34.0.